The molecule has 1 saturated heterocycles. The molecule has 0 radical (unpaired) electrons. The minimum atomic E-state index is -0.112. The predicted molar refractivity (Wildman–Crippen MR) is 124 cm³/mol. The maximum atomic E-state index is 12.4. The van der Waals surface area contributed by atoms with Crippen LogP contribution in [0.1, 0.15) is 11.1 Å². The maximum absolute atomic E-state index is 12.4. The van der Waals surface area contributed by atoms with E-state index >= 15 is 0 Å². The molecule has 2 aromatic carbocycles. The molecule has 0 saturated carbocycles. The van der Waals surface area contributed by atoms with Crippen molar-refractivity contribution in [3.63, 3.8) is 0 Å². The highest BCUT2D eigenvalue weighted by molar-refractivity contribution is 6.42. The number of piperazine rings is 1. The Balaban J connectivity index is 1.52. The number of carbonyl (C=O) groups excluding carboxylic acids is 2. The summed E-state index contributed by atoms with van der Waals surface area (Å²) >= 11 is 23.8. The monoisotopic (exact) mass is 482 g/mol. The molecule has 0 bridgehead atoms. The van der Waals surface area contributed by atoms with Crippen LogP contribution in [0.15, 0.2) is 48.6 Å². The average Bonchev–Trinajstić information content (AvgIpc) is 2.75. The maximum Gasteiger partial charge on any atom is 0.246 e. The van der Waals surface area contributed by atoms with Crippen LogP contribution in [0.25, 0.3) is 12.2 Å². The number of hydrogen-bond acceptors (Lipinski definition) is 2. The summed E-state index contributed by atoms with van der Waals surface area (Å²) in [4.78, 5) is 28.2. The van der Waals surface area contributed by atoms with Gasteiger partial charge in [0.1, 0.15) is 0 Å². The summed E-state index contributed by atoms with van der Waals surface area (Å²) in [6, 6.07) is 10.3. The second-order valence-corrected chi connectivity index (χ2v) is 8.29. The number of amides is 2. The van der Waals surface area contributed by atoms with Crippen LogP contribution in [-0.2, 0) is 9.59 Å². The molecule has 0 atom stereocenters. The van der Waals surface area contributed by atoms with Crippen LogP contribution in [0.3, 0.4) is 0 Å². The second kappa shape index (κ2) is 10.4. The molecule has 2 aromatic rings. The summed E-state index contributed by atoms with van der Waals surface area (Å²) in [5.74, 6) is -0.223. The first-order chi connectivity index (χ1) is 14.3. The molecule has 1 aliphatic rings. The van der Waals surface area contributed by atoms with E-state index in [-0.39, 0.29) is 11.8 Å². The zero-order chi connectivity index (χ0) is 21.7. The second-order valence-electron chi connectivity index (χ2n) is 6.66. The van der Waals surface area contributed by atoms with E-state index in [0.29, 0.717) is 46.3 Å². The Morgan fingerprint density at radius 3 is 1.33 bits per heavy atom. The zero-order valence-corrected chi connectivity index (χ0v) is 18.8. The first kappa shape index (κ1) is 22.7. The Bertz CT molecular complexity index is 931. The normalized spacial score (nSPS) is 14.7. The molecule has 0 aliphatic carbocycles. The van der Waals surface area contributed by atoms with Crippen molar-refractivity contribution in [3.8, 4) is 0 Å². The summed E-state index contributed by atoms with van der Waals surface area (Å²) in [5, 5.41) is 1.81. The standard InChI is InChI=1S/C22H18Cl4N2O2/c23-17-5-1-15(13-19(17)25)3-7-21(29)27-9-11-28(12-10-27)22(30)8-4-16-2-6-18(24)20(26)14-16/h1-8,13-14H,9-12H2/b7-3+,8-4+. The third-order valence-electron chi connectivity index (χ3n) is 4.63. The van der Waals surface area contributed by atoms with Gasteiger partial charge in [0.15, 0.2) is 0 Å². The van der Waals surface area contributed by atoms with E-state index in [9.17, 15) is 9.59 Å². The third kappa shape index (κ3) is 6.02. The lowest BCUT2D eigenvalue weighted by atomic mass is 10.2. The van der Waals surface area contributed by atoms with Gasteiger partial charge in [0.05, 0.1) is 20.1 Å². The Kier molecular flexibility index (Phi) is 7.84. The molecule has 2 amide bonds. The lowest BCUT2D eigenvalue weighted by Crippen LogP contribution is -2.49. The molecule has 1 fully saturated rings. The Labute approximate surface area is 195 Å². The van der Waals surface area contributed by atoms with Crippen molar-refractivity contribution in [2.75, 3.05) is 26.2 Å². The first-order valence-corrected chi connectivity index (χ1v) is 10.7. The van der Waals surface area contributed by atoms with Gasteiger partial charge in [-0.05, 0) is 47.5 Å². The van der Waals surface area contributed by atoms with E-state index in [2.05, 4.69) is 0 Å². The van der Waals surface area contributed by atoms with Gasteiger partial charge >= 0.3 is 0 Å². The van der Waals surface area contributed by atoms with Crippen LogP contribution >= 0.6 is 46.4 Å². The molecule has 0 spiro atoms. The van der Waals surface area contributed by atoms with Gasteiger partial charge in [-0.1, -0.05) is 58.5 Å². The fourth-order valence-corrected chi connectivity index (χ4v) is 3.54. The van der Waals surface area contributed by atoms with Crippen LogP contribution in [0, 0.1) is 0 Å². The number of nitrogens with zero attached hydrogens (tertiary/aromatic N) is 2. The van der Waals surface area contributed by atoms with Gasteiger partial charge in [0, 0.05) is 38.3 Å². The third-order valence-corrected chi connectivity index (χ3v) is 6.11. The summed E-state index contributed by atoms with van der Waals surface area (Å²) in [5.41, 5.74) is 1.58. The van der Waals surface area contributed by atoms with Crippen molar-refractivity contribution in [2.24, 2.45) is 0 Å². The van der Waals surface area contributed by atoms with Crippen molar-refractivity contribution in [1.82, 2.24) is 9.80 Å². The molecule has 156 valence electrons. The van der Waals surface area contributed by atoms with Crippen molar-refractivity contribution in [3.05, 3.63) is 79.8 Å². The predicted octanol–water partition coefficient (Wildman–Crippen LogP) is 5.70. The Hall–Kier alpha value is -1.98. The van der Waals surface area contributed by atoms with Gasteiger partial charge in [-0.2, -0.15) is 0 Å². The molecule has 1 heterocycles. The number of rotatable bonds is 4. The van der Waals surface area contributed by atoms with Crippen LogP contribution < -0.4 is 0 Å². The zero-order valence-electron chi connectivity index (χ0n) is 15.8. The van der Waals surface area contributed by atoms with Gasteiger partial charge in [-0.25, -0.2) is 0 Å². The Morgan fingerprint density at radius 1 is 0.633 bits per heavy atom. The fourth-order valence-electron chi connectivity index (χ4n) is 2.93. The molecule has 8 heteroatoms. The fraction of sp³-hybridized carbons (Fsp3) is 0.182. The van der Waals surface area contributed by atoms with Crippen molar-refractivity contribution in [1.29, 1.82) is 0 Å². The molecular formula is C22H18Cl4N2O2. The largest absolute Gasteiger partial charge is 0.336 e. The molecule has 0 N–H and O–H groups in total. The highest BCUT2D eigenvalue weighted by Crippen LogP contribution is 2.24. The van der Waals surface area contributed by atoms with Gasteiger partial charge in [0.25, 0.3) is 0 Å². The quantitative estimate of drug-likeness (QED) is 0.523. The summed E-state index contributed by atoms with van der Waals surface area (Å²) < 4.78 is 0. The SMILES string of the molecule is O=C(/C=C/c1ccc(Cl)c(Cl)c1)N1CCN(C(=O)/C=C/c2ccc(Cl)c(Cl)c2)CC1. The first-order valence-electron chi connectivity index (χ1n) is 9.17. The van der Waals surface area contributed by atoms with Gasteiger partial charge < -0.3 is 9.80 Å². The lowest BCUT2D eigenvalue weighted by molar-refractivity contribution is -0.133. The summed E-state index contributed by atoms with van der Waals surface area (Å²) in [7, 11) is 0. The Morgan fingerprint density at radius 2 is 1.00 bits per heavy atom. The van der Waals surface area contributed by atoms with E-state index in [1.807, 2.05) is 0 Å². The van der Waals surface area contributed by atoms with Gasteiger partial charge in [0.2, 0.25) is 11.8 Å². The number of carbonyl (C=O) groups is 2. The van der Waals surface area contributed by atoms with Crippen molar-refractivity contribution in [2.45, 2.75) is 0 Å². The minimum Gasteiger partial charge on any atom is -0.336 e. The molecule has 0 unspecified atom stereocenters. The summed E-state index contributed by atoms with van der Waals surface area (Å²) in [6.07, 6.45) is 6.40. The van der Waals surface area contributed by atoms with E-state index in [4.69, 9.17) is 46.4 Å². The molecule has 0 aromatic heterocycles. The van der Waals surface area contributed by atoms with E-state index < -0.39 is 0 Å². The molecule has 30 heavy (non-hydrogen) atoms. The molecule has 3 rings (SSSR count). The van der Waals surface area contributed by atoms with E-state index in [1.165, 1.54) is 12.2 Å². The van der Waals surface area contributed by atoms with Crippen molar-refractivity contribution < 1.29 is 9.59 Å². The number of hydrogen-bond donors (Lipinski definition) is 0. The highest BCUT2D eigenvalue weighted by Gasteiger charge is 2.21. The topological polar surface area (TPSA) is 40.6 Å². The number of halogens is 4. The molecular weight excluding hydrogens is 466 g/mol. The lowest BCUT2D eigenvalue weighted by Gasteiger charge is -2.33. The highest BCUT2D eigenvalue weighted by atomic mass is 35.5. The van der Waals surface area contributed by atoms with E-state index in [0.717, 1.165) is 11.1 Å². The minimum absolute atomic E-state index is 0.112. The van der Waals surface area contributed by atoms with Crippen LogP contribution in [0.5, 0.6) is 0 Å². The molecule has 1 aliphatic heterocycles. The van der Waals surface area contributed by atoms with Crippen LogP contribution in [0.4, 0.5) is 0 Å². The van der Waals surface area contributed by atoms with Gasteiger partial charge in [-0.15, -0.1) is 0 Å². The average molecular weight is 484 g/mol. The van der Waals surface area contributed by atoms with Crippen LogP contribution in [-0.4, -0.2) is 47.8 Å². The smallest absolute Gasteiger partial charge is 0.246 e. The van der Waals surface area contributed by atoms with Crippen LogP contribution in [0.2, 0.25) is 20.1 Å². The summed E-state index contributed by atoms with van der Waals surface area (Å²) in [6.45, 7) is 1.88. The van der Waals surface area contributed by atoms with Crippen molar-refractivity contribution >= 4 is 70.4 Å². The molecule has 4 nitrogen and oxygen atoms in total. The van der Waals surface area contributed by atoms with E-state index in [1.54, 1.807) is 58.4 Å². The number of benzene rings is 2. The van der Waals surface area contributed by atoms with Gasteiger partial charge in [-0.3, -0.25) is 9.59 Å².